The standard InChI is InChI=1S/C15H21N3O/c1-10(2)9-18-12(8-16)7-11-5-3-4-6-13(11)14(18)15(17)19/h3-7,10,14H,8-9,16H2,1-2H3,(H2,17,19). The molecule has 1 heterocycles. The van der Waals surface area contributed by atoms with Crippen molar-refractivity contribution >= 4 is 12.0 Å². The third kappa shape index (κ3) is 2.63. The molecule has 2 rings (SSSR count). The molecule has 0 aromatic heterocycles. The summed E-state index contributed by atoms with van der Waals surface area (Å²) in [7, 11) is 0. The maximum Gasteiger partial charge on any atom is 0.244 e. The van der Waals surface area contributed by atoms with Gasteiger partial charge in [0, 0.05) is 18.8 Å². The molecule has 0 bridgehead atoms. The Hall–Kier alpha value is -1.81. The molecule has 4 N–H and O–H groups in total. The van der Waals surface area contributed by atoms with Gasteiger partial charge in [0.2, 0.25) is 5.91 Å². The topological polar surface area (TPSA) is 72.3 Å². The minimum Gasteiger partial charge on any atom is -0.368 e. The molecule has 1 atom stereocenters. The summed E-state index contributed by atoms with van der Waals surface area (Å²) in [6.07, 6.45) is 2.05. The van der Waals surface area contributed by atoms with E-state index < -0.39 is 6.04 Å². The van der Waals surface area contributed by atoms with Crippen LogP contribution in [0.2, 0.25) is 0 Å². The molecule has 0 aliphatic carbocycles. The smallest absolute Gasteiger partial charge is 0.244 e. The summed E-state index contributed by atoms with van der Waals surface area (Å²) in [6.45, 7) is 5.41. The van der Waals surface area contributed by atoms with E-state index in [9.17, 15) is 4.79 Å². The van der Waals surface area contributed by atoms with E-state index >= 15 is 0 Å². The van der Waals surface area contributed by atoms with Gasteiger partial charge >= 0.3 is 0 Å². The van der Waals surface area contributed by atoms with Gasteiger partial charge in [0.05, 0.1) is 0 Å². The normalized spacial score (nSPS) is 18.2. The van der Waals surface area contributed by atoms with Crippen LogP contribution in [0.25, 0.3) is 6.08 Å². The molecule has 4 nitrogen and oxygen atoms in total. The van der Waals surface area contributed by atoms with Crippen molar-refractivity contribution in [3.63, 3.8) is 0 Å². The second-order valence-corrected chi connectivity index (χ2v) is 5.32. The first kappa shape index (κ1) is 13.6. The van der Waals surface area contributed by atoms with Crippen LogP contribution in [-0.2, 0) is 4.79 Å². The lowest BCUT2D eigenvalue weighted by Crippen LogP contribution is -2.42. The Labute approximate surface area is 114 Å². The molecule has 0 radical (unpaired) electrons. The van der Waals surface area contributed by atoms with Gasteiger partial charge < -0.3 is 16.4 Å². The zero-order valence-corrected chi connectivity index (χ0v) is 11.5. The number of carbonyl (C=O) groups is 1. The average Bonchev–Trinajstić information content (AvgIpc) is 2.36. The predicted octanol–water partition coefficient (Wildman–Crippen LogP) is 1.48. The van der Waals surface area contributed by atoms with E-state index in [2.05, 4.69) is 19.9 Å². The quantitative estimate of drug-likeness (QED) is 0.860. The number of nitrogens with zero attached hydrogens (tertiary/aromatic N) is 1. The van der Waals surface area contributed by atoms with Crippen molar-refractivity contribution in [2.75, 3.05) is 13.1 Å². The van der Waals surface area contributed by atoms with Crippen molar-refractivity contribution in [2.45, 2.75) is 19.9 Å². The number of hydrogen-bond acceptors (Lipinski definition) is 3. The Morgan fingerprint density at radius 3 is 2.63 bits per heavy atom. The minimum atomic E-state index is -0.415. The van der Waals surface area contributed by atoms with Crippen molar-refractivity contribution in [3.8, 4) is 0 Å². The first-order valence-electron chi connectivity index (χ1n) is 6.60. The summed E-state index contributed by atoms with van der Waals surface area (Å²) >= 11 is 0. The molecule has 1 amide bonds. The van der Waals surface area contributed by atoms with Crippen LogP contribution in [0.3, 0.4) is 0 Å². The molecule has 102 valence electrons. The van der Waals surface area contributed by atoms with Crippen LogP contribution in [-0.4, -0.2) is 23.9 Å². The second kappa shape index (κ2) is 5.45. The third-order valence-corrected chi connectivity index (χ3v) is 3.33. The molecule has 4 heteroatoms. The number of benzene rings is 1. The fraction of sp³-hybridized carbons (Fsp3) is 0.400. The monoisotopic (exact) mass is 259 g/mol. The minimum absolute atomic E-state index is 0.327. The maximum absolute atomic E-state index is 11.9. The summed E-state index contributed by atoms with van der Waals surface area (Å²) in [5.74, 6) is 0.106. The van der Waals surface area contributed by atoms with Crippen LogP contribution in [0.4, 0.5) is 0 Å². The number of carbonyl (C=O) groups excluding carboxylic acids is 1. The van der Waals surface area contributed by atoms with E-state index in [-0.39, 0.29) is 5.91 Å². The van der Waals surface area contributed by atoms with Crippen LogP contribution in [0, 0.1) is 5.92 Å². The van der Waals surface area contributed by atoms with Crippen LogP contribution < -0.4 is 11.5 Å². The SMILES string of the molecule is CC(C)CN1C(CN)=Cc2ccccc2C1C(N)=O. The maximum atomic E-state index is 11.9. The number of primary amides is 1. The third-order valence-electron chi connectivity index (χ3n) is 3.33. The van der Waals surface area contributed by atoms with Crippen molar-refractivity contribution in [1.82, 2.24) is 4.90 Å². The summed E-state index contributed by atoms with van der Waals surface area (Å²) in [6, 6.07) is 7.43. The zero-order valence-electron chi connectivity index (χ0n) is 11.5. The van der Waals surface area contributed by atoms with Crippen LogP contribution in [0.5, 0.6) is 0 Å². The number of amides is 1. The fourth-order valence-corrected chi connectivity index (χ4v) is 2.59. The van der Waals surface area contributed by atoms with Gasteiger partial charge in [-0.05, 0) is 23.1 Å². The van der Waals surface area contributed by atoms with E-state index in [1.807, 2.05) is 29.2 Å². The highest BCUT2D eigenvalue weighted by Gasteiger charge is 2.32. The highest BCUT2D eigenvalue weighted by molar-refractivity contribution is 5.84. The van der Waals surface area contributed by atoms with Gasteiger partial charge in [-0.3, -0.25) is 4.79 Å². The molecule has 0 saturated heterocycles. The van der Waals surface area contributed by atoms with Gasteiger partial charge in [0.1, 0.15) is 6.04 Å². The first-order valence-corrected chi connectivity index (χ1v) is 6.60. The van der Waals surface area contributed by atoms with Crippen molar-refractivity contribution in [2.24, 2.45) is 17.4 Å². The number of nitrogens with two attached hydrogens (primary N) is 2. The molecular weight excluding hydrogens is 238 g/mol. The van der Waals surface area contributed by atoms with E-state index in [0.717, 1.165) is 23.4 Å². The van der Waals surface area contributed by atoms with Crippen molar-refractivity contribution in [3.05, 3.63) is 41.1 Å². The van der Waals surface area contributed by atoms with Gasteiger partial charge in [-0.25, -0.2) is 0 Å². The highest BCUT2D eigenvalue weighted by Crippen LogP contribution is 2.34. The first-order chi connectivity index (χ1) is 9.04. The van der Waals surface area contributed by atoms with Crippen LogP contribution >= 0.6 is 0 Å². The fourth-order valence-electron chi connectivity index (χ4n) is 2.59. The number of fused-ring (bicyclic) bond motifs is 1. The Morgan fingerprint density at radius 1 is 1.37 bits per heavy atom. The van der Waals surface area contributed by atoms with Gasteiger partial charge in [-0.1, -0.05) is 38.1 Å². The lowest BCUT2D eigenvalue weighted by molar-refractivity contribution is -0.123. The van der Waals surface area contributed by atoms with Gasteiger partial charge in [0.15, 0.2) is 0 Å². The largest absolute Gasteiger partial charge is 0.368 e. The molecule has 0 spiro atoms. The molecule has 1 aromatic carbocycles. The summed E-state index contributed by atoms with van der Waals surface area (Å²) in [5.41, 5.74) is 14.4. The second-order valence-electron chi connectivity index (χ2n) is 5.32. The molecule has 1 aromatic rings. The van der Waals surface area contributed by atoms with Crippen LogP contribution in [0.1, 0.15) is 31.0 Å². The van der Waals surface area contributed by atoms with Crippen molar-refractivity contribution in [1.29, 1.82) is 0 Å². The van der Waals surface area contributed by atoms with Crippen molar-refractivity contribution < 1.29 is 4.79 Å². The summed E-state index contributed by atoms with van der Waals surface area (Å²) in [5, 5.41) is 0. The number of rotatable bonds is 4. The van der Waals surface area contributed by atoms with Gasteiger partial charge in [-0.2, -0.15) is 0 Å². The lowest BCUT2D eigenvalue weighted by atomic mass is 9.92. The van der Waals surface area contributed by atoms with Gasteiger partial charge in [-0.15, -0.1) is 0 Å². The molecule has 1 unspecified atom stereocenters. The van der Waals surface area contributed by atoms with Gasteiger partial charge in [0.25, 0.3) is 0 Å². The van der Waals surface area contributed by atoms with E-state index in [1.54, 1.807) is 0 Å². The summed E-state index contributed by atoms with van der Waals surface area (Å²) < 4.78 is 0. The highest BCUT2D eigenvalue weighted by atomic mass is 16.1. The van der Waals surface area contributed by atoms with E-state index in [1.165, 1.54) is 0 Å². The predicted molar refractivity (Wildman–Crippen MR) is 77.0 cm³/mol. The summed E-state index contributed by atoms with van der Waals surface area (Å²) in [4.78, 5) is 13.9. The lowest BCUT2D eigenvalue weighted by Gasteiger charge is -2.38. The molecule has 0 saturated carbocycles. The van der Waals surface area contributed by atoms with E-state index in [4.69, 9.17) is 11.5 Å². The van der Waals surface area contributed by atoms with E-state index in [0.29, 0.717) is 12.5 Å². The Morgan fingerprint density at radius 2 is 2.05 bits per heavy atom. The Kier molecular flexibility index (Phi) is 3.90. The zero-order chi connectivity index (χ0) is 14.0. The Balaban J connectivity index is 2.51. The molecular formula is C15H21N3O. The van der Waals surface area contributed by atoms with Crippen LogP contribution in [0.15, 0.2) is 30.0 Å². The number of hydrogen-bond donors (Lipinski definition) is 2. The molecule has 0 fully saturated rings. The molecule has 1 aliphatic rings. The molecule has 19 heavy (non-hydrogen) atoms. The molecule has 1 aliphatic heterocycles. The average molecular weight is 259 g/mol. The Bertz CT molecular complexity index is 508.